The van der Waals surface area contributed by atoms with Gasteiger partial charge in [-0.15, -0.1) is 0 Å². The molecule has 1 N–H and O–H groups in total. The van der Waals surface area contributed by atoms with Crippen molar-refractivity contribution in [3.05, 3.63) is 66.2 Å². The standard InChI is InChI=1S/C33H37N9O2/c1-43-32-5-2-22(13-37-32)16-41-26-10-27(41)19-40(18-26)31-4-3-23(14-36-31)29-11-28(20-42-33(29)25(12-34)15-38-42)44-9-8-39-17-24-6-7-35-30(24)21-39/h2-5,11,13-15,20,24,26-27,30,35H,6-10,16-19,21H2,1H3. The Labute approximate surface area is 257 Å². The second kappa shape index (κ2) is 11.4. The van der Waals surface area contributed by atoms with Crippen molar-refractivity contribution in [3.63, 3.8) is 0 Å². The molecule has 0 spiro atoms. The fourth-order valence-electron chi connectivity index (χ4n) is 7.59. The van der Waals surface area contributed by atoms with Gasteiger partial charge in [0.25, 0.3) is 0 Å². The molecular weight excluding hydrogens is 554 g/mol. The van der Waals surface area contributed by atoms with Gasteiger partial charge >= 0.3 is 0 Å². The summed E-state index contributed by atoms with van der Waals surface area (Å²) >= 11 is 0. The summed E-state index contributed by atoms with van der Waals surface area (Å²) in [5.41, 5.74) is 4.36. The van der Waals surface area contributed by atoms with E-state index in [0.29, 0.717) is 36.2 Å². The van der Waals surface area contributed by atoms with Crippen molar-refractivity contribution in [2.24, 2.45) is 5.92 Å². The molecule has 9 rings (SSSR count). The van der Waals surface area contributed by atoms with Crippen LogP contribution in [-0.4, -0.2) is 100 Å². The van der Waals surface area contributed by atoms with E-state index in [-0.39, 0.29) is 0 Å². The van der Waals surface area contributed by atoms with Crippen LogP contribution in [0.25, 0.3) is 16.6 Å². The van der Waals surface area contributed by atoms with E-state index in [9.17, 15) is 5.26 Å². The summed E-state index contributed by atoms with van der Waals surface area (Å²) in [6.45, 7) is 7.70. The Bertz CT molecular complexity index is 1660. The number of fused-ring (bicyclic) bond motifs is 4. The number of rotatable bonds is 9. The second-order valence-corrected chi connectivity index (χ2v) is 12.5. The van der Waals surface area contributed by atoms with Crippen LogP contribution >= 0.6 is 0 Å². The normalized spacial score (nSPS) is 24.7. The van der Waals surface area contributed by atoms with Gasteiger partial charge in [-0.05, 0) is 49.1 Å². The molecule has 9 heterocycles. The molecule has 5 saturated heterocycles. The molecule has 0 amide bonds. The van der Waals surface area contributed by atoms with Gasteiger partial charge in [-0.1, -0.05) is 6.07 Å². The molecule has 0 aliphatic carbocycles. The first-order valence-corrected chi connectivity index (χ1v) is 15.6. The van der Waals surface area contributed by atoms with E-state index < -0.39 is 0 Å². The Morgan fingerprint density at radius 3 is 2.70 bits per heavy atom. The number of ether oxygens (including phenoxy) is 2. The van der Waals surface area contributed by atoms with Crippen molar-refractivity contribution in [3.8, 4) is 28.8 Å². The molecule has 4 unspecified atom stereocenters. The van der Waals surface area contributed by atoms with Gasteiger partial charge in [-0.25, -0.2) is 14.5 Å². The number of methoxy groups -OCH3 is 1. The van der Waals surface area contributed by atoms with E-state index in [0.717, 1.165) is 79.9 Å². The molecule has 0 saturated carbocycles. The van der Waals surface area contributed by atoms with E-state index in [2.05, 4.69) is 54.4 Å². The maximum atomic E-state index is 9.80. The molecule has 5 fully saturated rings. The van der Waals surface area contributed by atoms with Crippen molar-refractivity contribution in [2.45, 2.75) is 37.5 Å². The summed E-state index contributed by atoms with van der Waals surface area (Å²) in [7, 11) is 1.64. The highest BCUT2D eigenvalue weighted by atomic mass is 16.5. The number of hydrogen-bond acceptors (Lipinski definition) is 10. The molecule has 5 aliphatic heterocycles. The molecular formula is C33H37N9O2. The number of anilines is 1. The molecule has 0 aromatic carbocycles. The van der Waals surface area contributed by atoms with Gasteiger partial charge in [0.1, 0.15) is 24.2 Å². The summed E-state index contributed by atoms with van der Waals surface area (Å²) in [6.07, 6.45) is 9.81. The summed E-state index contributed by atoms with van der Waals surface area (Å²) in [5.74, 6) is 3.14. The highest BCUT2D eigenvalue weighted by molar-refractivity contribution is 5.85. The molecule has 4 atom stereocenters. The summed E-state index contributed by atoms with van der Waals surface area (Å²) < 4.78 is 13.2. The van der Waals surface area contributed by atoms with E-state index >= 15 is 0 Å². The number of piperazine rings is 1. The minimum atomic E-state index is 0.507. The van der Waals surface area contributed by atoms with Gasteiger partial charge in [0.15, 0.2) is 0 Å². The van der Waals surface area contributed by atoms with Gasteiger partial charge in [-0.3, -0.25) is 9.80 Å². The zero-order valence-electron chi connectivity index (χ0n) is 25.0. The van der Waals surface area contributed by atoms with Crippen molar-refractivity contribution < 1.29 is 9.47 Å². The average molecular weight is 592 g/mol. The number of likely N-dealkylation sites (tertiary alicyclic amines) is 1. The average Bonchev–Trinajstić information content (AvgIpc) is 3.79. The van der Waals surface area contributed by atoms with Crippen LogP contribution in [0.3, 0.4) is 0 Å². The van der Waals surface area contributed by atoms with Crippen LogP contribution < -0.4 is 19.7 Å². The third kappa shape index (κ3) is 5.03. The first-order valence-electron chi connectivity index (χ1n) is 15.6. The SMILES string of the molecule is COc1ccc(CN2C3CC2CN(c2ccc(-c4cc(OCCN5CC6CCNC6C5)cn5ncc(C#N)c45)cn2)C3)cn1. The van der Waals surface area contributed by atoms with Crippen molar-refractivity contribution >= 4 is 11.3 Å². The Morgan fingerprint density at radius 1 is 1.05 bits per heavy atom. The van der Waals surface area contributed by atoms with Crippen LogP contribution in [-0.2, 0) is 6.54 Å². The summed E-state index contributed by atoms with van der Waals surface area (Å²) in [5, 5.41) is 17.9. The molecule has 5 aliphatic rings. The van der Waals surface area contributed by atoms with Crippen LogP contribution in [0, 0.1) is 17.2 Å². The molecule has 0 radical (unpaired) electrons. The predicted molar refractivity (Wildman–Crippen MR) is 166 cm³/mol. The van der Waals surface area contributed by atoms with E-state index in [1.165, 1.54) is 18.4 Å². The fraction of sp³-hybridized carbons (Fsp3) is 0.455. The lowest BCUT2D eigenvalue weighted by Crippen LogP contribution is -2.68. The van der Waals surface area contributed by atoms with Crippen LogP contribution in [0.2, 0.25) is 0 Å². The Morgan fingerprint density at radius 2 is 1.95 bits per heavy atom. The van der Waals surface area contributed by atoms with Gasteiger partial charge in [-0.2, -0.15) is 10.4 Å². The minimum absolute atomic E-state index is 0.507. The fourth-order valence-corrected chi connectivity index (χ4v) is 7.59. The quantitative estimate of drug-likeness (QED) is 0.312. The monoisotopic (exact) mass is 591 g/mol. The van der Waals surface area contributed by atoms with E-state index in [1.54, 1.807) is 17.8 Å². The maximum Gasteiger partial charge on any atom is 0.212 e. The molecule has 4 aromatic heterocycles. The molecule has 11 heteroatoms. The van der Waals surface area contributed by atoms with Crippen molar-refractivity contribution in [1.82, 2.24) is 34.7 Å². The summed E-state index contributed by atoms with van der Waals surface area (Å²) in [4.78, 5) is 16.7. The van der Waals surface area contributed by atoms with Crippen LogP contribution in [0.15, 0.2) is 55.1 Å². The lowest BCUT2D eigenvalue weighted by molar-refractivity contribution is -0.00876. The van der Waals surface area contributed by atoms with Gasteiger partial charge in [0, 0.05) is 87.0 Å². The molecule has 4 aromatic rings. The highest BCUT2D eigenvalue weighted by Crippen LogP contribution is 2.37. The molecule has 226 valence electrons. The first-order chi connectivity index (χ1) is 21.6. The number of pyridine rings is 3. The Balaban J connectivity index is 0.950. The number of nitrogens with one attached hydrogen (secondary N) is 1. The zero-order valence-corrected chi connectivity index (χ0v) is 25.0. The predicted octanol–water partition coefficient (Wildman–Crippen LogP) is 2.81. The lowest BCUT2D eigenvalue weighted by atomic mass is 9.87. The highest BCUT2D eigenvalue weighted by Gasteiger charge is 2.44. The second-order valence-electron chi connectivity index (χ2n) is 12.5. The Kier molecular flexibility index (Phi) is 7.05. The summed E-state index contributed by atoms with van der Waals surface area (Å²) in [6, 6.07) is 14.2. The van der Waals surface area contributed by atoms with Crippen LogP contribution in [0.1, 0.15) is 24.0 Å². The lowest BCUT2D eigenvalue weighted by Gasteiger charge is -2.56. The zero-order chi connectivity index (χ0) is 29.6. The molecule has 11 nitrogen and oxygen atoms in total. The first kappa shape index (κ1) is 27.3. The van der Waals surface area contributed by atoms with Crippen LogP contribution in [0.4, 0.5) is 5.82 Å². The van der Waals surface area contributed by atoms with Crippen molar-refractivity contribution in [1.29, 1.82) is 5.26 Å². The largest absolute Gasteiger partial charge is 0.491 e. The number of nitrogens with zero attached hydrogens (tertiary/aromatic N) is 8. The third-order valence-electron chi connectivity index (χ3n) is 9.92. The smallest absolute Gasteiger partial charge is 0.212 e. The minimum Gasteiger partial charge on any atom is -0.491 e. The van der Waals surface area contributed by atoms with Gasteiger partial charge in [0.05, 0.1) is 30.6 Å². The maximum absolute atomic E-state index is 9.80. The van der Waals surface area contributed by atoms with Gasteiger partial charge in [0.2, 0.25) is 5.88 Å². The van der Waals surface area contributed by atoms with Crippen molar-refractivity contribution in [2.75, 3.05) is 57.9 Å². The van der Waals surface area contributed by atoms with E-state index in [4.69, 9.17) is 14.5 Å². The van der Waals surface area contributed by atoms with Gasteiger partial charge < -0.3 is 19.7 Å². The Hall–Kier alpha value is -4.24. The number of piperidine rings is 1. The number of hydrogen-bond donors (Lipinski definition) is 1. The topological polar surface area (TPSA) is 107 Å². The molecule has 2 bridgehead atoms. The molecule has 44 heavy (non-hydrogen) atoms. The number of nitriles is 1. The van der Waals surface area contributed by atoms with E-state index in [1.807, 2.05) is 30.7 Å². The van der Waals surface area contributed by atoms with Crippen LogP contribution in [0.5, 0.6) is 11.6 Å². The number of aromatic nitrogens is 4. The third-order valence-corrected chi connectivity index (χ3v) is 9.92.